The lowest BCUT2D eigenvalue weighted by molar-refractivity contribution is -0.137. The lowest BCUT2D eigenvalue weighted by Gasteiger charge is -2.17. The quantitative estimate of drug-likeness (QED) is 0.496. The van der Waals surface area contributed by atoms with Gasteiger partial charge in [-0.1, -0.05) is 6.07 Å². The Labute approximate surface area is 200 Å². The van der Waals surface area contributed by atoms with Gasteiger partial charge in [0.15, 0.2) is 6.61 Å². The molecule has 188 valence electrons. The molecule has 0 saturated carbocycles. The van der Waals surface area contributed by atoms with Gasteiger partial charge < -0.3 is 25.0 Å². The molecule has 1 fully saturated rings. The molecule has 1 aliphatic rings. The molecule has 3 amide bonds. The molecule has 0 bridgehead atoms. The highest BCUT2D eigenvalue weighted by atomic mass is 19.4. The minimum absolute atomic E-state index is 0.00797. The van der Waals surface area contributed by atoms with Gasteiger partial charge in [0, 0.05) is 44.6 Å². The average Bonchev–Trinajstić information content (AvgIpc) is 3.22. The van der Waals surface area contributed by atoms with Gasteiger partial charge in [-0.25, -0.2) is 0 Å². The van der Waals surface area contributed by atoms with E-state index in [1.165, 1.54) is 17.0 Å². The van der Waals surface area contributed by atoms with Gasteiger partial charge in [-0.15, -0.1) is 0 Å². The van der Waals surface area contributed by atoms with Gasteiger partial charge in [0.25, 0.3) is 5.91 Å². The molecule has 1 saturated heterocycles. The third-order valence-corrected chi connectivity index (χ3v) is 5.31. The lowest BCUT2D eigenvalue weighted by Crippen LogP contribution is -2.33. The van der Waals surface area contributed by atoms with Crippen LogP contribution in [-0.4, -0.2) is 51.1 Å². The van der Waals surface area contributed by atoms with Crippen molar-refractivity contribution in [1.29, 1.82) is 0 Å². The van der Waals surface area contributed by atoms with E-state index < -0.39 is 30.2 Å². The summed E-state index contributed by atoms with van der Waals surface area (Å²) in [5.74, 6) is -1.07. The van der Waals surface area contributed by atoms with E-state index in [-0.39, 0.29) is 30.5 Å². The third kappa shape index (κ3) is 7.44. The van der Waals surface area contributed by atoms with Crippen LogP contribution in [0.3, 0.4) is 0 Å². The Morgan fingerprint density at radius 3 is 2.57 bits per heavy atom. The number of hydrogen-bond donors (Lipinski definition) is 2. The van der Waals surface area contributed by atoms with Crippen molar-refractivity contribution in [3.63, 3.8) is 0 Å². The zero-order valence-corrected chi connectivity index (χ0v) is 19.1. The number of nitrogens with zero attached hydrogens (tertiary/aromatic N) is 1. The zero-order valence-electron chi connectivity index (χ0n) is 19.1. The number of hydrogen-bond acceptors (Lipinski definition) is 5. The van der Waals surface area contributed by atoms with Crippen LogP contribution < -0.4 is 20.3 Å². The summed E-state index contributed by atoms with van der Waals surface area (Å²) in [6, 6.07) is 10.7. The molecule has 0 aromatic heterocycles. The Balaban J connectivity index is 1.49. The van der Waals surface area contributed by atoms with E-state index in [4.69, 9.17) is 9.47 Å². The minimum Gasteiger partial charge on any atom is -0.484 e. The summed E-state index contributed by atoms with van der Waals surface area (Å²) in [5.41, 5.74) is -0.270. The molecule has 2 aromatic rings. The Kier molecular flexibility index (Phi) is 8.69. The number of anilines is 2. The first-order chi connectivity index (χ1) is 16.7. The molecule has 0 unspecified atom stereocenters. The maximum atomic E-state index is 12.8. The highest BCUT2D eigenvalue weighted by molar-refractivity contribution is 6.00. The van der Waals surface area contributed by atoms with Gasteiger partial charge in [-0.3, -0.25) is 14.4 Å². The van der Waals surface area contributed by atoms with E-state index in [0.29, 0.717) is 31.0 Å². The second-order valence-corrected chi connectivity index (χ2v) is 7.95. The van der Waals surface area contributed by atoms with Crippen molar-refractivity contribution in [2.75, 3.05) is 43.6 Å². The van der Waals surface area contributed by atoms with E-state index in [1.807, 2.05) is 0 Å². The maximum Gasteiger partial charge on any atom is 0.416 e. The van der Waals surface area contributed by atoms with Gasteiger partial charge in [0.1, 0.15) is 5.75 Å². The molecule has 11 heteroatoms. The van der Waals surface area contributed by atoms with Gasteiger partial charge in [-0.05, 0) is 48.9 Å². The summed E-state index contributed by atoms with van der Waals surface area (Å²) in [6.45, 7) is 0.861. The molecule has 2 N–H and O–H groups in total. The molecular formula is C24H26F3N3O5. The molecule has 2 aromatic carbocycles. The van der Waals surface area contributed by atoms with Crippen molar-refractivity contribution in [2.45, 2.75) is 19.0 Å². The summed E-state index contributed by atoms with van der Waals surface area (Å²) in [6.07, 6.45) is -3.71. The first kappa shape index (κ1) is 26.0. The number of nitrogens with one attached hydrogen (secondary N) is 2. The van der Waals surface area contributed by atoms with E-state index in [9.17, 15) is 27.6 Å². The second kappa shape index (κ2) is 11.7. The van der Waals surface area contributed by atoms with Gasteiger partial charge in [0.2, 0.25) is 11.8 Å². The number of halogens is 3. The number of benzene rings is 2. The largest absolute Gasteiger partial charge is 0.484 e. The molecule has 0 aliphatic carbocycles. The molecule has 35 heavy (non-hydrogen) atoms. The highest BCUT2D eigenvalue weighted by Crippen LogP contribution is 2.31. The van der Waals surface area contributed by atoms with Crippen molar-refractivity contribution >= 4 is 29.1 Å². The Morgan fingerprint density at radius 1 is 1.14 bits per heavy atom. The summed E-state index contributed by atoms with van der Waals surface area (Å²) < 4.78 is 48.7. The fourth-order valence-corrected chi connectivity index (χ4v) is 3.55. The molecule has 1 heterocycles. The van der Waals surface area contributed by atoms with Crippen molar-refractivity contribution in [1.82, 2.24) is 5.32 Å². The molecule has 1 aliphatic heterocycles. The van der Waals surface area contributed by atoms with Gasteiger partial charge >= 0.3 is 6.18 Å². The third-order valence-electron chi connectivity index (χ3n) is 5.31. The molecule has 8 nitrogen and oxygen atoms in total. The topological polar surface area (TPSA) is 97.0 Å². The smallest absolute Gasteiger partial charge is 0.416 e. The molecule has 0 spiro atoms. The predicted octanol–water partition coefficient (Wildman–Crippen LogP) is 3.23. The fourth-order valence-electron chi connectivity index (χ4n) is 3.55. The molecule has 3 rings (SSSR count). The van der Waals surface area contributed by atoms with Gasteiger partial charge in [-0.2, -0.15) is 13.2 Å². The first-order valence-electron chi connectivity index (χ1n) is 10.9. The number of methoxy groups -OCH3 is 1. The van der Waals surface area contributed by atoms with Crippen LogP contribution in [-0.2, 0) is 25.3 Å². The average molecular weight is 493 g/mol. The SMILES string of the molecule is COCCCNC(=O)[C@@H]1CC(=O)N(c2ccc(OCC(=O)Nc3cccc(C(F)(F)F)c3)cc2)C1. The predicted molar refractivity (Wildman–Crippen MR) is 122 cm³/mol. The number of rotatable bonds is 10. The normalized spacial score (nSPS) is 15.7. The van der Waals surface area contributed by atoms with E-state index in [0.717, 1.165) is 12.1 Å². The highest BCUT2D eigenvalue weighted by Gasteiger charge is 2.35. The van der Waals surface area contributed by atoms with Crippen LogP contribution in [0.1, 0.15) is 18.4 Å². The number of carbonyl (C=O) groups excluding carboxylic acids is 3. The number of carbonyl (C=O) groups is 3. The van der Waals surface area contributed by atoms with Crippen LogP contribution in [0, 0.1) is 5.92 Å². The standard InChI is InChI=1S/C24H26F3N3O5/c1-34-11-3-10-28-23(33)16-12-22(32)30(14-16)19-6-8-20(9-7-19)35-15-21(31)29-18-5-2-4-17(13-18)24(25,26)27/h2,4-9,13,16H,3,10-12,14-15H2,1H3,(H,28,33)(H,29,31)/t16-/m1/s1. The summed E-state index contributed by atoms with van der Waals surface area (Å²) in [7, 11) is 1.58. The lowest BCUT2D eigenvalue weighted by atomic mass is 10.1. The number of amides is 3. The van der Waals surface area contributed by atoms with E-state index in [2.05, 4.69) is 10.6 Å². The van der Waals surface area contributed by atoms with Crippen LogP contribution >= 0.6 is 0 Å². The summed E-state index contributed by atoms with van der Waals surface area (Å²) >= 11 is 0. The van der Waals surface area contributed by atoms with Crippen LogP contribution in [0.15, 0.2) is 48.5 Å². The minimum atomic E-state index is -4.51. The van der Waals surface area contributed by atoms with Crippen LogP contribution in [0.2, 0.25) is 0 Å². The number of ether oxygens (including phenoxy) is 2. The van der Waals surface area contributed by atoms with E-state index >= 15 is 0 Å². The molecular weight excluding hydrogens is 467 g/mol. The fraction of sp³-hybridized carbons (Fsp3) is 0.375. The van der Waals surface area contributed by atoms with Crippen LogP contribution in [0.4, 0.5) is 24.5 Å². The van der Waals surface area contributed by atoms with Crippen molar-refractivity contribution in [3.8, 4) is 5.75 Å². The molecule has 1 atom stereocenters. The number of alkyl halides is 3. The van der Waals surface area contributed by atoms with Crippen molar-refractivity contribution in [3.05, 3.63) is 54.1 Å². The second-order valence-electron chi connectivity index (χ2n) is 7.95. The zero-order chi connectivity index (χ0) is 25.4. The van der Waals surface area contributed by atoms with E-state index in [1.54, 1.807) is 31.4 Å². The van der Waals surface area contributed by atoms with Crippen LogP contribution in [0.5, 0.6) is 5.75 Å². The van der Waals surface area contributed by atoms with Crippen molar-refractivity contribution in [2.24, 2.45) is 5.92 Å². The monoisotopic (exact) mass is 493 g/mol. The Hall–Kier alpha value is -3.60. The Bertz CT molecular complexity index is 1040. The summed E-state index contributed by atoms with van der Waals surface area (Å²) in [4.78, 5) is 38.3. The van der Waals surface area contributed by atoms with Crippen molar-refractivity contribution < 1.29 is 37.0 Å². The molecule has 0 radical (unpaired) electrons. The Morgan fingerprint density at radius 2 is 1.89 bits per heavy atom. The van der Waals surface area contributed by atoms with Crippen LogP contribution in [0.25, 0.3) is 0 Å². The van der Waals surface area contributed by atoms with Gasteiger partial charge in [0.05, 0.1) is 11.5 Å². The first-order valence-corrected chi connectivity index (χ1v) is 10.9. The maximum absolute atomic E-state index is 12.8. The summed E-state index contributed by atoms with van der Waals surface area (Å²) in [5, 5.41) is 5.17.